The smallest absolute Gasteiger partial charge is 0.410 e. The standard InChI is InChI=1S/C20H18BrN3O3S/c1-2-27-20(26)24-10-9-14-15(11-22)19(28-17(14)12-24)23-18(25)8-7-13-5-3-4-6-16(13)21/h3-8H,2,9-10,12H2,1H3,(H,23,25). The first-order chi connectivity index (χ1) is 13.5. The lowest BCUT2D eigenvalue weighted by atomic mass is 10.0. The second-order valence-corrected chi connectivity index (χ2v) is 7.99. The van der Waals surface area contributed by atoms with E-state index in [1.807, 2.05) is 24.3 Å². The molecule has 0 atom stereocenters. The molecule has 6 nitrogen and oxygen atoms in total. The average Bonchev–Trinajstić information content (AvgIpc) is 3.03. The molecule has 144 valence electrons. The van der Waals surface area contributed by atoms with Gasteiger partial charge in [-0.25, -0.2) is 4.79 Å². The van der Waals surface area contributed by atoms with Crippen LogP contribution in [0.15, 0.2) is 34.8 Å². The Morgan fingerprint density at radius 1 is 1.43 bits per heavy atom. The molecule has 2 amide bonds. The van der Waals surface area contributed by atoms with E-state index in [2.05, 4.69) is 27.3 Å². The number of anilines is 1. The number of hydrogen-bond acceptors (Lipinski definition) is 5. The van der Waals surface area contributed by atoms with Crippen LogP contribution in [0.2, 0.25) is 0 Å². The molecule has 1 N–H and O–H groups in total. The number of hydrogen-bond donors (Lipinski definition) is 1. The fraction of sp³-hybridized carbons (Fsp3) is 0.250. The maximum Gasteiger partial charge on any atom is 0.410 e. The highest BCUT2D eigenvalue weighted by molar-refractivity contribution is 9.10. The molecule has 0 radical (unpaired) electrons. The van der Waals surface area contributed by atoms with Crippen LogP contribution in [0.3, 0.4) is 0 Å². The minimum atomic E-state index is -0.359. The van der Waals surface area contributed by atoms with Crippen molar-refractivity contribution in [1.29, 1.82) is 5.26 Å². The molecule has 0 saturated heterocycles. The van der Waals surface area contributed by atoms with Gasteiger partial charge in [0, 0.05) is 22.0 Å². The molecule has 0 bridgehead atoms. The quantitative estimate of drug-likeness (QED) is 0.679. The SMILES string of the molecule is CCOC(=O)N1CCc2c(sc(NC(=O)C=Cc3ccccc3Br)c2C#N)C1. The number of nitrogens with one attached hydrogen (secondary N) is 1. The van der Waals surface area contributed by atoms with Crippen LogP contribution in [-0.4, -0.2) is 30.1 Å². The van der Waals surface area contributed by atoms with E-state index in [-0.39, 0.29) is 12.0 Å². The van der Waals surface area contributed by atoms with Gasteiger partial charge in [-0.3, -0.25) is 4.79 Å². The number of thiophene rings is 1. The molecule has 1 aromatic carbocycles. The van der Waals surface area contributed by atoms with Crippen LogP contribution in [0.5, 0.6) is 0 Å². The lowest BCUT2D eigenvalue weighted by molar-refractivity contribution is -0.111. The molecular weight excluding hydrogens is 442 g/mol. The van der Waals surface area contributed by atoms with Gasteiger partial charge in [0.1, 0.15) is 11.1 Å². The van der Waals surface area contributed by atoms with Crippen LogP contribution < -0.4 is 5.32 Å². The van der Waals surface area contributed by atoms with E-state index in [0.717, 1.165) is 20.5 Å². The van der Waals surface area contributed by atoms with E-state index >= 15 is 0 Å². The second-order valence-electron chi connectivity index (χ2n) is 6.03. The molecule has 0 unspecified atom stereocenters. The lowest BCUT2D eigenvalue weighted by Gasteiger charge is -2.25. The van der Waals surface area contributed by atoms with E-state index in [0.29, 0.717) is 36.7 Å². The third kappa shape index (κ3) is 4.43. The summed E-state index contributed by atoms with van der Waals surface area (Å²) in [6, 6.07) is 9.77. The van der Waals surface area contributed by atoms with Gasteiger partial charge in [0.05, 0.1) is 18.7 Å². The molecule has 1 aliphatic rings. The average molecular weight is 460 g/mol. The molecule has 8 heteroatoms. The summed E-state index contributed by atoms with van der Waals surface area (Å²) in [4.78, 5) is 26.8. The number of nitriles is 1. The van der Waals surface area contributed by atoms with E-state index in [9.17, 15) is 14.9 Å². The van der Waals surface area contributed by atoms with Gasteiger partial charge in [-0.2, -0.15) is 5.26 Å². The highest BCUT2D eigenvalue weighted by Crippen LogP contribution is 2.36. The first-order valence-corrected chi connectivity index (χ1v) is 10.3. The van der Waals surface area contributed by atoms with Gasteiger partial charge in [-0.05, 0) is 36.6 Å². The monoisotopic (exact) mass is 459 g/mol. The van der Waals surface area contributed by atoms with Crippen LogP contribution >= 0.6 is 27.3 Å². The Morgan fingerprint density at radius 3 is 2.93 bits per heavy atom. The van der Waals surface area contributed by atoms with E-state index in [1.165, 1.54) is 17.4 Å². The predicted octanol–water partition coefficient (Wildman–Crippen LogP) is 4.55. The highest BCUT2D eigenvalue weighted by atomic mass is 79.9. The van der Waals surface area contributed by atoms with Gasteiger partial charge in [0.15, 0.2) is 0 Å². The molecule has 28 heavy (non-hydrogen) atoms. The van der Waals surface area contributed by atoms with Crippen molar-refractivity contribution in [2.75, 3.05) is 18.5 Å². The maximum absolute atomic E-state index is 12.3. The van der Waals surface area contributed by atoms with E-state index in [1.54, 1.807) is 17.9 Å². The van der Waals surface area contributed by atoms with Crippen LogP contribution in [0.4, 0.5) is 9.80 Å². The summed E-state index contributed by atoms with van der Waals surface area (Å²) in [6.45, 7) is 2.96. The summed E-state index contributed by atoms with van der Waals surface area (Å²) in [7, 11) is 0. The molecule has 0 fully saturated rings. The Morgan fingerprint density at radius 2 is 2.21 bits per heavy atom. The summed E-state index contributed by atoms with van der Waals surface area (Å²) in [5.41, 5.74) is 2.26. The summed E-state index contributed by atoms with van der Waals surface area (Å²) >= 11 is 4.77. The molecule has 2 heterocycles. The third-order valence-electron chi connectivity index (χ3n) is 4.25. The lowest BCUT2D eigenvalue weighted by Crippen LogP contribution is -2.35. The Balaban J connectivity index is 1.75. The van der Waals surface area contributed by atoms with Gasteiger partial charge in [0.2, 0.25) is 5.91 Å². The molecule has 0 spiro atoms. The van der Waals surface area contributed by atoms with Gasteiger partial charge >= 0.3 is 6.09 Å². The van der Waals surface area contributed by atoms with Crippen molar-refractivity contribution in [1.82, 2.24) is 4.90 Å². The topological polar surface area (TPSA) is 82.4 Å². The zero-order valence-electron chi connectivity index (χ0n) is 15.2. The first-order valence-electron chi connectivity index (χ1n) is 8.73. The van der Waals surface area contributed by atoms with Crippen LogP contribution in [0.25, 0.3) is 6.08 Å². The summed E-state index contributed by atoms with van der Waals surface area (Å²) < 4.78 is 5.94. The fourth-order valence-corrected chi connectivity index (χ4v) is 4.54. The largest absolute Gasteiger partial charge is 0.450 e. The number of amides is 2. The number of rotatable bonds is 4. The molecule has 0 saturated carbocycles. The molecule has 1 aromatic heterocycles. The van der Waals surface area contributed by atoms with Crippen LogP contribution in [0, 0.1) is 11.3 Å². The normalized spacial score (nSPS) is 13.1. The number of carbonyl (C=O) groups is 2. The van der Waals surface area contributed by atoms with Crippen molar-refractivity contribution >= 4 is 50.3 Å². The number of benzene rings is 1. The Bertz CT molecular complexity index is 978. The van der Waals surface area contributed by atoms with Crippen molar-refractivity contribution in [2.24, 2.45) is 0 Å². The van der Waals surface area contributed by atoms with Crippen molar-refractivity contribution in [3.63, 3.8) is 0 Å². The second kappa shape index (κ2) is 9.04. The Labute approximate surface area is 175 Å². The molecule has 3 rings (SSSR count). The Kier molecular flexibility index (Phi) is 6.49. The summed E-state index contributed by atoms with van der Waals surface area (Å²) in [5, 5.41) is 12.9. The molecule has 1 aliphatic heterocycles. The van der Waals surface area contributed by atoms with Gasteiger partial charge < -0.3 is 15.0 Å². The number of nitrogens with zero attached hydrogens (tertiary/aromatic N) is 2. The van der Waals surface area contributed by atoms with Crippen LogP contribution in [-0.2, 0) is 22.5 Å². The van der Waals surface area contributed by atoms with Crippen molar-refractivity contribution in [2.45, 2.75) is 19.9 Å². The fourth-order valence-electron chi connectivity index (χ4n) is 2.91. The Hall–Kier alpha value is -2.63. The number of carbonyl (C=O) groups excluding carboxylic acids is 2. The summed E-state index contributed by atoms with van der Waals surface area (Å²) in [5.74, 6) is -0.312. The molecule has 2 aromatic rings. The summed E-state index contributed by atoms with van der Waals surface area (Å²) in [6.07, 6.45) is 3.35. The van der Waals surface area contributed by atoms with E-state index in [4.69, 9.17) is 4.74 Å². The van der Waals surface area contributed by atoms with Crippen molar-refractivity contribution < 1.29 is 14.3 Å². The minimum absolute atomic E-state index is 0.312. The highest BCUT2D eigenvalue weighted by Gasteiger charge is 2.27. The third-order valence-corrected chi connectivity index (χ3v) is 6.11. The maximum atomic E-state index is 12.3. The molecule has 0 aliphatic carbocycles. The zero-order valence-corrected chi connectivity index (χ0v) is 17.6. The number of fused-ring (bicyclic) bond motifs is 1. The minimum Gasteiger partial charge on any atom is -0.450 e. The van der Waals surface area contributed by atoms with Gasteiger partial charge in [-0.1, -0.05) is 34.1 Å². The molecular formula is C20H18BrN3O3S. The first kappa shape index (κ1) is 20.1. The van der Waals surface area contributed by atoms with Crippen molar-refractivity contribution in [3.05, 3.63) is 56.4 Å². The van der Waals surface area contributed by atoms with E-state index < -0.39 is 0 Å². The van der Waals surface area contributed by atoms with Crippen molar-refractivity contribution in [3.8, 4) is 6.07 Å². The predicted molar refractivity (Wildman–Crippen MR) is 112 cm³/mol. The zero-order chi connectivity index (χ0) is 20.1. The number of ether oxygens (including phenoxy) is 1. The van der Waals surface area contributed by atoms with Gasteiger partial charge in [0.25, 0.3) is 0 Å². The number of halogens is 1. The van der Waals surface area contributed by atoms with Gasteiger partial charge in [-0.15, -0.1) is 11.3 Å². The van der Waals surface area contributed by atoms with Crippen LogP contribution in [0.1, 0.15) is 28.5 Å².